The fraction of sp³-hybridized carbons (Fsp3) is 0.682. The second-order valence-corrected chi connectivity index (χ2v) is 7.77. The van der Waals surface area contributed by atoms with Crippen LogP contribution in [0.3, 0.4) is 0 Å². The van der Waals surface area contributed by atoms with E-state index in [1.807, 2.05) is 13.1 Å². The summed E-state index contributed by atoms with van der Waals surface area (Å²) >= 11 is 0. The van der Waals surface area contributed by atoms with E-state index in [-0.39, 0.29) is 0 Å². The van der Waals surface area contributed by atoms with Crippen LogP contribution in [0.4, 0.5) is 0 Å². The average molecular weight is 390 g/mol. The SMILES string of the molecule is CN=C(NCc1cc(C)cc(OC)c1)N1CCC(OCC2CCCCO2)CC1. The van der Waals surface area contributed by atoms with Gasteiger partial charge < -0.3 is 24.4 Å². The summed E-state index contributed by atoms with van der Waals surface area (Å²) in [6, 6.07) is 6.29. The Kier molecular flexibility index (Phi) is 7.98. The fourth-order valence-electron chi connectivity index (χ4n) is 3.97. The monoisotopic (exact) mass is 389 g/mol. The minimum atomic E-state index is 0.299. The summed E-state index contributed by atoms with van der Waals surface area (Å²) in [5.41, 5.74) is 2.40. The van der Waals surface area contributed by atoms with Gasteiger partial charge in [-0.2, -0.15) is 0 Å². The number of piperidine rings is 1. The summed E-state index contributed by atoms with van der Waals surface area (Å²) in [4.78, 5) is 6.80. The van der Waals surface area contributed by atoms with E-state index in [0.29, 0.717) is 12.2 Å². The van der Waals surface area contributed by atoms with Crippen molar-refractivity contribution in [3.8, 4) is 5.75 Å². The maximum absolute atomic E-state index is 6.13. The first kappa shape index (κ1) is 20.9. The van der Waals surface area contributed by atoms with Gasteiger partial charge in [-0.15, -0.1) is 0 Å². The largest absolute Gasteiger partial charge is 0.497 e. The summed E-state index contributed by atoms with van der Waals surface area (Å²) in [5, 5.41) is 3.49. The van der Waals surface area contributed by atoms with E-state index in [4.69, 9.17) is 14.2 Å². The molecule has 3 rings (SSSR count). The molecule has 0 amide bonds. The lowest BCUT2D eigenvalue weighted by Gasteiger charge is -2.35. The first-order valence-electron chi connectivity index (χ1n) is 10.5. The van der Waals surface area contributed by atoms with Gasteiger partial charge in [-0.3, -0.25) is 4.99 Å². The standard InChI is InChI=1S/C22H35N3O3/c1-17-12-18(14-21(13-17)26-3)15-24-22(23-2)25-9-7-19(8-10-25)28-16-20-6-4-5-11-27-20/h12-14,19-20H,4-11,15-16H2,1-3H3,(H,23,24). The number of methoxy groups -OCH3 is 1. The van der Waals surface area contributed by atoms with Crippen LogP contribution < -0.4 is 10.1 Å². The number of hydrogen-bond donors (Lipinski definition) is 1. The van der Waals surface area contributed by atoms with Crippen molar-refractivity contribution in [1.82, 2.24) is 10.2 Å². The van der Waals surface area contributed by atoms with Crippen LogP contribution >= 0.6 is 0 Å². The number of rotatable bonds is 6. The zero-order valence-electron chi connectivity index (χ0n) is 17.6. The third-order valence-electron chi connectivity index (χ3n) is 5.54. The van der Waals surface area contributed by atoms with Gasteiger partial charge in [0.05, 0.1) is 25.9 Å². The Morgan fingerprint density at radius 3 is 2.71 bits per heavy atom. The Labute approximate surface area is 169 Å². The molecule has 0 aliphatic carbocycles. The van der Waals surface area contributed by atoms with Crippen molar-refractivity contribution in [2.45, 2.75) is 57.8 Å². The average Bonchev–Trinajstić information content (AvgIpc) is 2.74. The zero-order chi connectivity index (χ0) is 19.8. The van der Waals surface area contributed by atoms with Gasteiger partial charge in [-0.05, 0) is 62.3 Å². The predicted molar refractivity (Wildman–Crippen MR) is 112 cm³/mol. The van der Waals surface area contributed by atoms with E-state index in [9.17, 15) is 0 Å². The number of ether oxygens (including phenoxy) is 3. The number of aryl methyl sites for hydroxylation is 1. The van der Waals surface area contributed by atoms with Gasteiger partial charge in [0.15, 0.2) is 5.96 Å². The third kappa shape index (κ3) is 6.11. The summed E-state index contributed by atoms with van der Waals surface area (Å²) in [5.74, 6) is 1.85. The van der Waals surface area contributed by atoms with Crippen molar-refractivity contribution in [1.29, 1.82) is 0 Å². The molecule has 0 saturated carbocycles. The molecule has 0 bridgehead atoms. The molecule has 28 heavy (non-hydrogen) atoms. The van der Waals surface area contributed by atoms with Gasteiger partial charge >= 0.3 is 0 Å². The van der Waals surface area contributed by atoms with Crippen LogP contribution in [0.15, 0.2) is 23.2 Å². The maximum atomic E-state index is 6.13. The second-order valence-electron chi connectivity index (χ2n) is 7.77. The Morgan fingerprint density at radius 1 is 1.21 bits per heavy atom. The maximum Gasteiger partial charge on any atom is 0.193 e. The van der Waals surface area contributed by atoms with Crippen molar-refractivity contribution in [2.75, 3.05) is 40.5 Å². The highest BCUT2D eigenvalue weighted by atomic mass is 16.5. The highest BCUT2D eigenvalue weighted by molar-refractivity contribution is 5.80. The van der Waals surface area contributed by atoms with Gasteiger partial charge in [0.1, 0.15) is 5.75 Å². The first-order chi connectivity index (χ1) is 13.7. The molecular weight excluding hydrogens is 354 g/mol. The fourth-order valence-corrected chi connectivity index (χ4v) is 3.97. The molecule has 2 heterocycles. The number of guanidine groups is 1. The van der Waals surface area contributed by atoms with Gasteiger partial charge in [-0.1, -0.05) is 6.07 Å². The lowest BCUT2D eigenvalue weighted by Crippen LogP contribution is -2.47. The number of benzene rings is 1. The Hall–Kier alpha value is -1.79. The summed E-state index contributed by atoms with van der Waals surface area (Å²) in [7, 11) is 3.56. The molecule has 2 saturated heterocycles. The third-order valence-corrected chi connectivity index (χ3v) is 5.54. The number of hydrogen-bond acceptors (Lipinski definition) is 4. The molecule has 0 aromatic heterocycles. The summed E-state index contributed by atoms with van der Waals surface area (Å²) < 4.78 is 17.3. The van der Waals surface area contributed by atoms with Crippen LogP contribution in [0.2, 0.25) is 0 Å². The molecule has 1 aromatic rings. The molecule has 6 nitrogen and oxygen atoms in total. The predicted octanol–water partition coefficient (Wildman–Crippen LogP) is 3.13. The smallest absolute Gasteiger partial charge is 0.193 e. The molecule has 2 aliphatic heterocycles. The molecule has 2 fully saturated rings. The topological polar surface area (TPSA) is 55.3 Å². The second kappa shape index (κ2) is 10.7. The zero-order valence-corrected chi connectivity index (χ0v) is 17.6. The molecule has 2 aliphatic rings. The minimum absolute atomic E-state index is 0.299. The number of nitrogens with one attached hydrogen (secondary N) is 1. The van der Waals surface area contributed by atoms with Gasteiger partial charge in [-0.25, -0.2) is 0 Å². The molecule has 156 valence electrons. The van der Waals surface area contributed by atoms with Crippen molar-refractivity contribution in [2.24, 2.45) is 4.99 Å². The molecule has 6 heteroatoms. The highest BCUT2D eigenvalue weighted by Crippen LogP contribution is 2.19. The molecular formula is C22H35N3O3. The number of aliphatic imine (C=N–C) groups is 1. The van der Waals surface area contributed by atoms with E-state index < -0.39 is 0 Å². The van der Waals surface area contributed by atoms with Crippen LogP contribution in [0.25, 0.3) is 0 Å². The van der Waals surface area contributed by atoms with E-state index >= 15 is 0 Å². The van der Waals surface area contributed by atoms with Crippen molar-refractivity contribution >= 4 is 5.96 Å². The highest BCUT2D eigenvalue weighted by Gasteiger charge is 2.23. The molecule has 1 aromatic carbocycles. The lowest BCUT2D eigenvalue weighted by atomic mass is 10.1. The number of nitrogens with zero attached hydrogens (tertiary/aromatic N) is 2. The van der Waals surface area contributed by atoms with Crippen molar-refractivity contribution < 1.29 is 14.2 Å². The van der Waals surface area contributed by atoms with Crippen LogP contribution in [-0.2, 0) is 16.0 Å². The Balaban J connectivity index is 1.42. The summed E-state index contributed by atoms with van der Waals surface area (Å²) in [6.07, 6.45) is 6.29. The van der Waals surface area contributed by atoms with Crippen molar-refractivity contribution in [3.63, 3.8) is 0 Å². The molecule has 1 atom stereocenters. The van der Waals surface area contributed by atoms with E-state index in [2.05, 4.69) is 34.3 Å². The molecule has 0 spiro atoms. The van der Waals surface area contributed by atoms with Crippen LogP contribution in [0.1, 0.15) is 43.2 Å². The summed E-state index contributed by atoms with van der Waals surface area (Å²) in [6.45, 7) is 6.39. The van der Waals surface area contributed by atoms with E-state index in [0.717, 1.165) is 63.8 Å². The Morgan fingerprint density at radius 2 is 2.04 bits per heavy atom. The minimum Gasteiger partial charge on any atom is -0.497 e. The Bertz CT molecular complexity index is 636. The van der Waals surface area contributed by atoms with E-state index in [1.54, 1.807) is 7.11 Å². The molecule has 0 radical (unpaired) electrons. The number of likely N-dealkylation sites (tertiary alicyclic amines) is 1. The van der Waals surface area contributed by atoms with Crippen LogP contribution in [-0.4, -0.2) is 63.5 Å². The van der Waals surface area contributed by atoms with Gasteiger partial charge in [0, 0.05) is 33.3 Å². The van der Waals surface area contributed by atoms with Crippen LogP contribution in [0.5, 0.6) is 5.75 Å². The lowest BCUT2D eigenvalue weighted by molar-refractivity contribution is -0.0721. The quantitative estimate of drug-likeness (QED) is 0.598. The first-order valence-corrected chi connectivity index (χ1v) is 10.5. The normalized spacial score (nSPS) is 21.6. The van der Waals surface area contributed by atoms with Gasteiger partial charge in [0.2, 0.25) is 0 Å². The molecule has 1 N–H and O–H groups in total. The molecule has 1 unspecified atom stereocenters. The van der Waals surface area contributed by atoms with Gasteiger partial charge in [0.25, 0.3) is 0 Å². The van der Waals surface area contributed by atoms with E-state index in [1.165, 1.54) is 24.0 Å². The van der Waals surface area contributed by atoms with Crippen molar-refractivity contribution in [3.05, 3.63) is 29.3 Å². The van der Waals surface area contributed by atoms with Crippen LogP contribution in [0, 0.1) is 6.92 Å².